The third-order valence-electron chi connectivity index (χ3n) is 8.72. The van der Waals surface area contributed by atoms with Crippen molar-refractivity contribution >= 4 is 33.6 Å². The van der Waals surface area contributed by atoms with E-state index in [2.05, 4.69) is 118 Å². The van der Waals surface area contributed by atoms with Crippen molar-refractivity contribution in [2.75, 3.05) is 6.26 Å². The normalized spacial score (nSPS) is 11.8. The van der Waals surface area contributed by atoms with Crippen LogP contribution in [0.3, 0.4) is 0 Å². The molecule has 0 bridgehead atoms. The molecule has 6 heteroatoms. The molecule has 0 aliphatic heterocycles. The van der Waals surface area contributed by atoms with Crippen LogP contribution >= 0.6 is 11.8 Å². The number of hydrogen-bond acceptors (Lipinski definition) is 4. The van der Waals surface area contributed by atoms with Gasteiger partial charge in [-0.05, 0) is 97.0 Å². The lowest BCUT2D eigenvalue weighted by atomic mass is 9.86. The van der Waals surface area contributed by atoms with Gasteiger partial charge in [0, 0.05) is 45.8 Å². The molecule has 0 amide bonds. The zero-order valence-electron chi connectivity index (χ0n) is 28.6. The van der Waals surface area contributed by atoms with Crippen LogP contribution in [0, 0.1) is 18.8 Å². The van der Waals surface area contributed by atoms with Gasteiger partial charge in [0.2, 0.25) is 0 Å². The topological polar surface area (TPSA) is 44.9 Å². The first-order valence-electron chi connectivity index (χ1n) is 16.8. The molecule has 7 aromatic rings. The Bertz CT molecular complexity index is 2210. The van der Waals surface area contributed by atoms with Crippen LogP contribution in [0.2, 0.25) is 0 Å². The van der Waals surface area contributed by atoms with E-state index in [1.165, 1.54) is 32.5 Å². The number of hydrogen-bond donors (Lipinski definition) is 0. The zero-order chi connectivity index (χ0) is 33.4. The molecule has 0 N–H and O–H groups in total. The Labute approximate surface area is 287 Å². The van der Waals surface area contributed by atoms with Gasteiger partial charge in [-0.2, -0.15) is 5.10 Å². The quantitative estimate of drug-likeness (QED) is 0.138. The third kappa shape index (κ3) is 6.37. The van der Waals surface area contributed by atoms with Crippen molar-refractivity contribution in [2.24, 2.45) is 11.8 Å². The van der Waals surface area contributed by atoms with Crippen molar-refractivity contribution in [1.29, 1.82) is 0 Å². The molecule has 0 spiro atoms. The van der Waals surface area contributed by atoms with Gasteiger partial charge in [-0.3, -0.25) is 4.57 Å². The van der Waals surface area contributed by atoms with Crippen molar-refractivity contribution in [3.63, 3.8) is 0 Å². The highest BCUT2D eigenvalue weighted by Crippen LogP contribution is 2.36. The lowest BCUT2D eigenvalue weighted by molar-refractivity contribution is 0.483. The largest absolute Gasteiger partial charge is 0.457 e. The Morgan fingerprint density at radius 1 is 0.750 bits per heavy atom. The Kier molecular flexibility index (Phi) is 8.84. The van der Waals surface area contributed by atoms with Crippen LogP contribution in [-0.4, -0.2) is 25.6 Å². The van der Waals surface area contributed by atoms with E-state index in [-0.39, 0.29) is 0 Å². The molecule has 0 fully saturated rings. The number of ether oxygens (including phenoxy) is 1. The van der Waals surface area contributed by atoms with E-state index >= 15 is 0 Å². The van der Waals surface area contributed by atoms with Crippen molar-refractivity contribution in [3.05, 3.63) is 126 Å². The molecule has 0 unspecified atom stereocenters. The SMILES string of the molecule is CSc1ccnc(-n2c3ccccc3c3ccc(Oc4cccc(-n5cc(-c6c(CC(C)C)cc(C)cc6CC(C)C)cn5)c4)cc32)c1. The highest BCUT2D eigenvalue weighted by molar-refractivity contribution is 7.98. The minimum absolute atomic E-state index is 0.568. The summed E-state index contributed by atoms with van der Waals surface area (Å²) in [6.45, 7) is 11.4. The molecular weight excluding hydrogens is 609 g/mol. The molecule has 4 aromatic carbocycles. The van der Waals surface area contributed by atoms with Gasteiger partial charge in [0.25, 0.3) is 0 Å². The third-order valence-corrected chi connectivity index (χ3v) is 9.44. The monoisotopic (exact) mass is 650 g/mol. The molecule has 7 rings (SSSR count). The van der Waals surface area contributed by atoms with Gasteiger partial charge in [0.1, 0.15) is 17.3 Å². The summed E-state index contributed by atoms with van der Waals surface area (Å²) in [5, 5.41) is 7.20. The summed E-state index contributed by atoms with van der Waals surface area (Å²) in [7, 11) is 0. The first kappa shape index (κ1) is 31.8. The van der Waals surface area contributed by atoms with Gasteiger partial charge in [-0.1, -0.05) is 69.7 Å². The maximum Gasteiger partial charge on any atom is 0.138 e. The summed E-state index contributed by atoms with van der Waals surface area (Å²) in [4.78, 5) is 5.93. The second-order valence-electron chi connectivity index (χ2n) is 13.5. The van der Waals surface area contributed by atoms with Crippen LogP contribution in [0.4, 0.5) is 0 Å². The molecule has 5 nitrogen and oxygen atoms in total. The van der Waals surface area contributed by atoms with Crippen molar-refractivity contribution in [2.45, 2.75) is 52.4 Å². The Morgan fingerprint density at radius 3 is 2.23 bits per heavy atom. The van der Waals surface area contributed by atoms with Crippen LogP contribution < -0.4 is 4.74 Å². The number of benzene rings is 4. The fraction of sp³-hybridized carbons (Fsp3) is 0.238. The molecule has 48 heavy (non-hydrogen) atoms. The molecular formula is C42H42N4OS. The predicted molar refractivity (Wildman–Crippen MR) is 201 cm³/mol. The average Bonchev–Trinajstić information content (AvgIpc) is 3.67. The first-order valence-corrected chi connectivity index (χ1v) is 18.0. The van der Waals surface area contributed by atoms with Crippen LogP contribution in [0.25, 0.3) is 44.4 Å². The van der Waals surface area contributed by atoms with E-state index in [0.29, 0.717) is 11.8 Å². The fourth-order valence-corrected chi connectivity index (χ4v) is 7.26. The van der Waals surface area contributed by atoms with Gasteiger partial charge in [-0.15, -0.1) is 11.8 Å². The summed E-state index contributed by atoms with van der Waals surface area (Å²) in [6.07, 6.45) is 10.2. The minimum Gasteiger partial charge on any atom is -0.457 e. The second kappa shape index (κ2) is 13.4. The van der Waals surface area contributed by atoms with Crippen LogP contribution in [-0.2, 0) is 12.8 Å². The van der Waals surface area contributed by atoms with Gasteiger partial charge in [-0.25, -0.2) is 9.67 Å². The molecule has 0 atom stereocenters. The minimum atomic E-state index is 0.568. The maximum atomic E-state index is 6.53. The van der Waals surface area contributed by atoms with Gasteiger partial charge >= 0.3 is 0 Å². The predicted octanol–water partition coefficient (Wildman–Crippen LogP) is 11.3. The van der Waals surface area contributed by atoms with Crippen molar-refractivity contribution in [1.82, 2.24) is 19.3 Å². The van der Waals surface area contributed by atoms with E-state index < -0.39 is 0 Å². The van der Waals surface area contributed by atoms with E-state index in [4.69, 9.17) is 14.8 Å². The molecule has 3 heterocycles. The van der Waals surface area contributed by atoms with Crippen molar-refractivity contribution in [3.8, 4) is 34.1 Å². The second-order valence-corrected chi connectivity index (χ2v) is 14.4. The number of thioether (sulfide) groups is 1. The van der Waals surface area contributed by atoms with Gasteiger partial charge in [0.15, 0.2) is 0 Å². The lowest BCUT2D eigenvalue weighted by Gasteiger charge is -2.18. The van der Waals surface area contributed by atoms with Crippen molar-refractivity contribution < 1.29 is 4.74 Å². The van der Waals surface area contributed by atoms with Crippen LogP contribution in [0.15, 0.2) is 114 Å². The summed E-state index contributed by atoms with van der Waals surface area (Å²) in [5.41, 5.74) is 9.75. The summed E-state index contributed by atoms with van der Waals surface area (Å²) < 4.78 is 10.7. The Balaban J connectivity index is 1.24. The zero-order valence-corrected chi connectivity index (χ0v) is 29.4. The standard InChI is InChI=1S/C42H42N4OS/c1-27(2)18-30-20-29(5)21-31(19-28(3)4)42(30)32-25-44-45(26-32)33-10-9-11-34(22-33)47-35-14-15-38-37-12-7-8-13-39(37)46(40(38)23-35)41-24-36(48-6)16-17-43-41/h7-17,20-28H,18-19H2,1-6H3. The number of aromatic nitrogens is 4. The van der Waals surface area contributed by atoms with E-state index in [1.807, 2.05) is 41.3 Å². The van der Waals surface area contributed by atoms with Gasteiger partial charge < -0.3 is 4.74 Å². The number of para-hydroxylation sites is 1. The first-order chi connectivity index (χ1) is 23.3. The van der Waals surface area contributed by atoms with Crippen LogP contribution in [0.1, 0.15) is 44.4 Å². The maximum absolute atomic E-state index is 6.53. The number of pyridine rings is 1. The van der Waals surface area contributed by atoms with E-state index in [1.54, 1.807) is 11.8 Å². The van der Waals surface area contributed by atoms with E-state index in [9.17, 15) is 0 Å². The van der Waals surface area contributed by atoms with E-state index in [0.717, 1.165) is 57.8 Å². The molecule has 0 aliphatic rings. The van der Waals surface area contributed by atoms with Crippen LogP contribution in [0.5, 0.6) is 11.5 Å². The Morgan fingerprint density at radius 2 is 1.48 bits per heavy atom. The Hall–Kier alpha value is -4.81. The number of aryl methyl sites for hydroxylation is 1. The summed E-state index contributed by atoms with van der Waals surface area (Å²) >= 11 is 1.72. The number of nitrogens with zero attached hydrogens (tertiary/aromatic N) is 4. The molecule has 0 aliphatic carbocycles. The number of rotatable bonds is 10. The highest BCUT2D eigenvalue weighted by atomic mass is 32.2. The summed E-state index contributed by atoms with van der Waals surface area (Å²) in [5.74, 6) is 3.55. The summed E-state index contributed by atoms with van der Waals surface area (Å²) in [6, 6.07) is 31.9. The smallest absolute Gasteiger partial charge is 0.138 e. The molecule has 242 valence electrons. The molecule has 0 radical (unpaired) electrons. The molecule has 0 saturated heterocycles. The van der Waals surface area contributed by atoms with Gasteiger partial charge in [0.05, 0.1) is 22.9 Å². The highest BCUT2D eigenvalue weighted by Gasteiger charge is 2.18. The lowest BCUT2D eigenvalue weighted by Crippen LogP contribution is -2.04. The average molecular weight is 651 g/mol. The molecule has 3 aromatic heterocycles. The molecule has 0 saturated carbocycles. The number of fused-ring (bicyclic) bond motifs is 3. The fourth-order valence-electron chi connectivity index (χ4n) is 6.84.